The number of halogens is 1. The van der Waals surface area contributed by atoms with Crippen LogP contribution in [0.4, 0.5) is 5.69 Å². The van der Waals surface area contributed by atoms with Crippen LogP contribution >= 0.6 is 24.0 Å². The van der Waals surface area contributed by atoms with Gasteiger partial charge in [0.1, 0.15) is 0 Å². The first-order valence-electron chi connectivity index (χ1n) is 10.1. The van der Waals surface area contributed by atoms with E-state index in [0.29, 0.717) is 0 Å². The van der Waals surface area contributed by atoms with Gasteiger partial charge in [0.05, 0.1) is 0 Å². The SMILES string of the molecule is CCNC(=NCCCCN(C)c1ccccc1)NCCN(C)CCCOC.I. The molecule has 0 aliphatic carbocycles. The van der Waals surface area contributed by atoms with Crippen molar-refractivity contribution in [1.82, 2.24) is 15.5 Å². The van der Waals surface area contributed by atoms with Crippen molar-refractivity contribution in [1.29, 1.82) is 0 Å². The van der Waals surface area contributed by atoms with E-state index in [1.165, 1.54) is 5.69 Å². The van der Waals surface area contributed by atoms with Crippen LogP contribution in [0.1, 0.15) is 26.2 Å². The number of nitrogens with zero attached hydrogens (tertiary/aromatic N) is 3. The molecule has 0 spiro atoms. The number of rotatable bonds is 14. The average Bonchev–Trinajstić information content (AvgIpc) is 2.68. The lowest BCUT2D eigenvalue weighted by molar-refractivity contribution is 0.180. The van der Waals surface area contributed by atoms with Crippen LogP contribution in [0.3, 0.4) is 0 Å². The number of hydrogen-bond donors (Lipinski definition) is 2. The Morgan fingerprint density at radius 2 is 1.75 bits per heavy atom. The molecule has 0 unspecified atom stereocenters. The molecule has 0 heterocycles. The van der Waals surface area contributed by atoms with E-state index in [-0.39, 0.29) is 24.0 Å². The summed E-state index contributed by atoms with van der Waals surface area (Å²) in [6.45, 7) is 8.65. The van der Waals surface area contributed by atoms with Gasteiger partial charge in [-0.25, -0.2) is 0 Å². The molecule has 0 aromatic heterocycles. The van der Waals surface area contributed by atoms with E-state index in [2.05, 4.69) is 71.8 Å². The van der Waals surface area contributed by atoms with E-state index in [1.807, 2.05) is 0 Å². The molecular formula is C21H40IN5O. The zero-order chi connectivity index (χ0) is 19.7. The van der Waals surface area contributed by atoms with E-state index in [9.17, 15) is 0 Å². The van der Waals surface area contributed by atoms with Crippen molar-refractivity contribution >= 4 is 35.6 Å². The minimum absolute atomic E-state index is 0. The maximum absolute atomic E-state index is 5.10. The maximum Gasteiger partial charge on any atom is 0.191 e. The van der Waals surface area contributed by atoms with Gasteiger partial charge in [-0.05, 0) is 45.4 Å². The van der Waals surface area contributed by atoms with E-state index < -0.39 is 0 Å². The number of hydrogen-bond acceptors (Lipinski definition) is 4. The normalized spacial score (nSPS) is 11.2. The molecule has 28 heavy (non-hydrogen) atoms. The number of aliphatic imine (C=N–C) groups is 1. The summed E-state index contributed by atoms with van der Waals surface area (Å²) in [5, 5.41) is 6.75. The summed E-state index contributed by atoms with van der Waals surface area (Å²) >= 11 is 0. The summed E-state index contributed by atoms with van der Waals surface area (Å²) in [6.07, 6.45) is 3.29. The Balaban J connectivity index is 0.00000729. The molecule has 0 bridgehead atoms. The average molecular weight is 505 g/mol. The van der Waals surface area contributed by atoms with Crippen molar-refractivity contribution in [3.63, 3.8) is 0 Å². The van der Waals surface area contributed by atoms with Gasteiger partial charge in [-0.3, -0.25) is 4.99 Å². The molecule has 0 saturated heterocycles. The Kier molecular flexibility index (Phi) is 17.3. The highest BCUT2D eigenvalue weighted by Crippen LogP contribution is 2.11. The Morgan fingerprint density at radius 1 is 1.00 bits per heavy atom. The van der Waals surface area contributed by atoms with Crippen LogP contribution in [-0.4, -0.2) is 77.9 Å². The fourth-order valence-electron chi connectivity index (χ4n) is 2.76. The molecule has 0 radical (unpaired) electrons. The van der Waals surface area contributed by atoms with Gasteiger partial charge >= 0.3 is 0 Å². The molecule has 1 aromatic carbocycles. The van der Waals surface area contributed by atoms with Gasteiger partial charge in [-0.15, -0.1) is 24.0 Å². The third-order valence-electron chi connectivity index (χ3n) is 4.39. The highest BCUT2D eigenvalue weighted by Gasteiger charge is 2.01. The Morgan fingerprint density at radius 3 is 2.43 bits per heavy atom. The first-order valence-corrected chi connectivity index (χ1v) is 10.1. The van der Waals surface area contributed by atoms with Crippen molar-refractivity contribution in [3.8, 4) is 0 Å². The lowest BCUT2D eigenvalue weighted by Crippen LogP contribution is -2.41. The fraction of sp³-hybridized carbons (Fsp3) is 0.667. The summed E-state index contributed by atoms with van der Waals surface area (Å²) < 4.78 is 5.10. The van der Waals surface area contributed by atoms with Crippen LogP contribution in [0, 0.1) is 0 Å². The monoisotopic (exact) mass is 505 g/mol. The number of ether oxygens (including phenoxy) is 1. The maximum atomic E-state index is 5.10. The van der Waals surface area contributed by atoms with Crippen molar-refractivity contribution < 1.29 is 4.74 Å². The van der Waals surface area contributed by atoms with Crippen LogP contribution in [0.15, 0.2) is 35.3 Å². The molecule has 7 heteroatoms. The highest BCUT2D eigenvalue weighted by molar-refractivity contribution is 14.0. The first-order chi connectivity index (χ1) is 13.2. The van der Waals surface area contributed by atoms with Crippen LogP contribution in [-0.2, 0) is 4.74 Å². The molecular weight excluding hydrogens is 465 g/mol. The lowest BCUT2D eigenvalue weighted by atomic mass is 10.2. The van der Waals surface area contributed by atoms with E-state index in [0.717, 1.165) is 71.1 Å². The van der Waals surface area contributed by atoms with Gasteiger partial charge in [-0.1, -0.05) is 18.2 Å². The topological polar surface area (TPSA) is 52.1 Å². The van der Waals surface area contributed by atoms with E-state index in [1.54, 1.807) is 7.11 Å². The minimum atomic E-state index is 0. The van der Waals surface area contributed by atoms with Crippen LogP contribution in [0.5, 0.6) is 0 Å². The predicted octanol–water partition coefficient (Wildman–Crippen LogP) is 3.04. The van der Waals surface area contributed by atoms with Gasteiger partial charge in [0.25, 0.3) is 0 Å². The Bertz CT molecular complexity index is 501. The molecule has 0 aliphatic rings. The van der Waals surface area contributed by atoms with Gasteiger partial charge in [0, 0.05) is 65.7 Å². The molecule has 0 atom stereocenters. The molecule has 0 amide bonds. The molecule has 1 rings (SSSR count). The number of nitrogens with one attached hydrogen (secondary N) is 2. The van der Waals surface area contributed by atoms with Gasteiger partial charge < -0.3 is 25.2 Å². The predicted molar refractivity (Wildman–Crippen MR) is 132 cm³/mol. The second-order valence-corrected chi connectivity index (χ2v) is 6.80. The number of methoxy groups -OCH3 is 1. The fourth-order valence-corrected chi connectivity index (χ4v) is 2.76. The Hall–Kier alpha value is -1.06. The molecule has 0 fully saturated rings. The molecule has 1 aromatic rings. The number of unbranched alkanes of at least 4 members (excludes halogenated alkanes) is 1. The summed E-state index contributed by atoms with van der Waals surface area (Å²) in [7, 11) is 6.04. The van der Waals surface area contributed by atoms with Gasteiger partial charge in [0.15, 0.2) is 5.96 Å². The Labute approximate surface area is 189 Å². The van der Waals surface area contributed by atoms with Crippen LogP contribution in [0.2, 0.25) is 0 Å². The lowest BCUT2D eigenvalue weighted by Gasteiger charge is -2.19. The third-order valence-corrected chi connectivity index (χ3v) is 4.39. The highest BCUT2D eigenvalue weighted by atomic mass is 127. The molecule has 162 valence electrons. The standard InChI is InChI=1S/C21H39N5O.HI/c1-5-22-21(24-15-18-25(2)16-11-19-27-4)23-14-9-10-17-26(3)20-12-7-6-8-13-20;/h6-8,12-13H,5,9-11,14-19H2,1-4H3,(H2,22,23,24);1H. The van der Waals surface area contributed by atoms with Crippen LogP contribution < -0.4 is 15.5 Å². The third kappa shape index (κ3) is 13.2. The summed E-state index contributed by atoms with van der Waals surface area (Å²) in [6, 6.07) is 10.5. The zero-order valence-corrected chi connectivity index (χ0v) is 20.4. The second kappa shape index (κ2) is 18.0. The number of para-hydroxylation sites is 1. The quantitative estimate of drug-likeness (QED) is 0.176. The molecule has 2 N–H and O–H groups in total. The summed E-state index contributed by atoms with van der Waals surface area (Å²) in [5.41, 5.74) is 1.27. The minimum Gasteiger partial charge on any atom is -0.385 e. The van der Waals surface area contributed by atoms with Gasteiger partial charge in [0.2, 0.25) is 0 Å². The van der Waals surface area contributed by atoms with E-state index >= 15 is 0 Å². The summed E-state index contributed by atoms with van der Waals surface area (Å²) in [5.74, 6) is 0.916. The van der Waals surface area contributed by atoms with Crippen molar-refractivity contribution in [2.45, 2.75) is 26.2 Å². The number of likely N-dealkylation sites (N-methyl/N-ethyl adjacent to an activating group) is 1. The largest absolute Gasteiger partial charge is 0.385 e. The van der Waals surface area contributed by atoms with Crippen molar-refractivity contribution in [2.24, 2.45) is 4.99 Å². The molecule has 0 aliphatic heterocycles. The first kappa shape index (κ1) is 26.9. The number of benzene rings is 1. The summed E-state index contributed by atoms with van der Waals surface area (Å²) in [4.78, 5) is 9.31. The second-order valence-electron chi connectivity index (χ2n) is 6.80. The smallest absolute Gasteiger partial charge is 0.191 e. The van der Waals surface area contributed by atoms with Gasteiger partial charge in [-0.2, -0.15) is 0 Å². The van der Waals surface area contributed by atoms with E-state index in [4.69, 9.17) is 9.73 Å². The number of anilines is 1. The number of guanidine groups is 1. The molecule has 0 saturated carbocycles. The van der Waals surface area contributed by atoms with Crippen molar-refractivity contribution in [2.75, 3.05) is 72.0 Å². The van der Waals surface area contributed by atoms with Crippen LogP contribution in [0.25, 0.3) is 0 Å². The van der Waals surface area contributed by atoms with Crippen molar-refractivity contribution in [3.05, 3.63) is 30.3 Å². The zero-order valence-electron chi connectivity index (χ0n) is 18.1. The molecule has 6 nitrogen and oxygen atoms in total.